The Kier molecular flexibility index (Phi) is 8.59. The average molecular weight is 416 g/mol. The van der Waals surface area contributed by atoms with Crippen molar-refractivity contribution in [3.63, 3.8) is 0 Å². The van der Waals surface area contributed by atoms with Crippen LogP contribution in [0.2, 0.25) is 0 Å². The number of alkyl halides is 3. The molecule has 0 unspecified atom stereocenters. The van der Waals surface area contributed by atoms with E-state index in [0.717, 1.165) is 11.8 Å². The lowest BCUT2D eigenvalue weighted by molar-refractivity contribution is -0.140. The van der Waals surface area contributed by atoms with Crippen molar-refractivity contribution >= 4 is 0 Å². The normalized spacial score (nSPS) is 10.8. The molecule has 0 bridgehead atoms. The molecule has 0 saturated carbocycles. The Morgan fingerprint density at radius 3 is 2.33 bits per heavy atom. The van der Waals surface area contributed by atoms with Crippen molar-refractivity contribution in [2.75, 3.05) is 13.7 Å². The van der Waals surface area contributed by atoms with Gasteiger partial charge in [-0.2, -0.15) is 18.4 Å². The molecular formula is C22H23F3N4O. The van der Waals surface area contributed by atoms with Crippen molar-refractivity contribution in [3.8, 4) is 17.5 Å². The van der Waals surface area contributed by atoms with Gasteiger partial charge in [-0.05, 0) is 43.3 Å². The summed E-state index contributed by atoms with van der Waals surface area (Å²) < 4.78 is 46.4. The van der Waals surface area contributed by atoms with Crippen molar-refractivity contribution < 1.29 is 17.9 Å². The Balaban J connectivity index is 0.00000155. The summed E-state index contributed by atoms with van der Waals surface area (Å²) in [4.78, 5) is 3.77. The number of imidazole rings is 1. The molecule has 0 aliphatic carbocycles. The lowest BCUT2D eigenvalue weighted by Crippen LogP contribution is -2.05. The van der Waals surface area contributed by atoms with Gasteiger partial charge in [-0.1, -0.05) is 30.3 Å². The molecule has 0 spiro atoms. The van der Waals surface area contributed by atoms with Gasteiger partial charge in [0.05, 0.1) is 18.2 Å². The molecular weight excluding hydrogens is 393 g/mol. The van der Waals surface area contributed by atoms with E-state index < -0.39 is 11.9 Å². The van der Waals surface area contributed by atoms with E-state index in [1.54, 1.807) is 24.3 Å². The summed E-state index contributed by atoms with van der Waals surface area (Å²) in [5, 5.41) is 8.88. The number of nitriles is 1. The fourth-order valence-corrected chi connectivity index (χ4v) is 2.75. The molecule has 3 rings (SSSR count). The quantitative estimate of drug-likeness (QED) is 0.570. The van der Waals surface area contributed by atoms with Crippen LogP contribution in [0, 0.1) is 11.3 Å². The summed E-state index contributed by atoms with van der Waals surface area (Å²) >= 11 is 0. The van der Waals surface area contributed by atoms with Crippen LogP contribution < -0.4 is 5.73 Å². The predicted octanol–water partition coefficient (Wildman–Crippen LogP) is 4.62. The van der Waals surface area contributed by atoms with Gasteiger partial charge in [0.25, 0.3) is 0 Å². The molecule has 5 nitrogen and oxygen atoms in total. The Labute approximate surface area is 173 Å². The number of ether oxygens (including phenoxy) is 1. The van der Waals surface area contributed by atoms with Crippen LogP contribution in [0.25, 0.3) is 11.4 Å². The molecule has 1 heterocycles. The minimum absolute atomic E-state index is 0.222. The van der Waals surface area contributed by atoms with Crippen LogP contribution in [0.4, 0.5) is 13.2 Å². The Morgan fingerprint density at radius 1 is 1.07 bits per heavy atom. The SMILES string of the molecule is CN.N#Cc1ccc(-c2nc(C(F)(F)F)cn2CCCOCc2ccccc2)cc1. The molecule has 3 aromatic rings. The fraction of sp³-hybridized carbons (Fsp3) is 0.273. The number of aromatic nitrogens is 2. The lowest BCUT2D eigenvalue weighted by Gasteiger charge is -2.09. The monoisotopic (exact) mass is 416 g/mol. The molecule has 8 heteroatoms. The minimum atomic E-state index is -4.52. The average Bonchev–Trinajstić information content (AvgIpc) is 3.20. The van der Waals surface area contributed by atoms with Crippen LogP contribution in [-0.4, -0.2) is 23.2 Å². The first kappa shape index (κ1) is 23.1. The summed E-state index contributed by atoms with van der Waals surface area (Å²) in [6.45, 7) is 1.22. The van der Waals surface area contributed by atoms with Crippen LogP contribution in [0.5, 0.6) is 0 Å². The highest BCUT2D eigenvalue weighted by molar-refractivity contribution is 5.57. The van der Waals surface area contributed by atoms with Gasteiger partial charge >= 0.3 is 6.18 Å². The number of rotatable bonds is 7. The van der Waals surface area contributed by atoms with E-state index in [9.17, 15) is 13.2 Å². The summed E-state index contributed by atoms with van der Waals surface area (Å²) in [7, 11) is 1.50. The molecule has 30 heavy (non-hydrogen) atoms. The summed E-state index contributed by atoms with van der Waals surface area (Å²) in [5.74, 6) is 0.222. The summed E-state index contributed by atoms with van der Waals surface area (Å²) in [6.07, 6.45) is -2.95. The second-order valence-electron chi connectivity index (χ2n) is 6.22. The van der Waals surface area contributed by atoms with Gasteiger partial charge in [0.1, 0.15) is 5.82 Å². The van der Waals surface area contributed by atoms with E-state index in [0.29, 0.717) is 37.3 Å². The van der Waals surface area contributed by atoms with Crippen molar-refractivity contribution in [3.05, 3.63) is 77.6 Å². The number of nitrogens with two attached hydrogens (primary N) is 1. The summed E-state index contributed by atoms with van der Waals surface area (Å²) in [5.41, 5.74) is 5.58. The van der Waals surface area contributed by atoms with Crippen molar-refractivity contribution in [1.82, 2.24) is 9.55 Å². The van der Waals surface area contributed by atoms with Crippen LogP contribution in [0.3, 0.4) is 0 Å². The van der Waals surface area contributed by atoms with E-state index in [1.165, 1.54) is 11.6 Å². The van der Waals surface area contributed by atoms with E-state index in [1.807, 2.05) is 36.4 Å². The lowest BCUT2D eigenvalue weighted by atomic mass is 10.1. The third kappa shape index (κ3) is 6.44. The maximum atomic E-state index is 13.1. The highest BCUT2D eigenvalue weighted by Gasteiger charge is 2.34. The Bertz CT molecular complexity index is 945. The maximum absolute atomic E-state index is 13.1. The first-order chi connectivity index (χ1) is 14.5. The third-order valence-electron chi connectivity index (χ3n) is 4.14. The number of halogens is 3. The molecule has 0 aliphatic rings. The third-order valence-corrected chi connectivity index (χ3v) is 4.14. The van der Waals surface area contributed by atoms with Crippen molar-refractivity contribution in [2.24, 2.45) is 5.73 Å². The van der Waals surface area contributed by atoms with Crippen molar-refractivity contribution in [1.29, 1.82) is 5.26 Å². The number of aryl methyl sites for hydroxylation is 1. The molecule has 0 radical (unpaired) electrons. The predicted molar refractivity (Wildman–Crippen MR) is 108 cm³/mol. The molecule has 0 atom stereocenters. The zero-order valence-electron chi connectivity index (χ0n) is 16.6. The van der Waals surface area contributed by atoms with Gasteiger partial charge < -0.3 is 15.0 Å². The second-order valence-corrected chi connectivity index (χ2v) is 6.22. The smallest absolute Gasteiger partial charge is 0.377 e. The van der Waals surface area contributed by atoms with Gasteiger partial charge in [0.2, 0.25) is 0 Å². The maximum Gasteiger partial charge on any atom is 0.434 e. The van der Waals surface area contributed by atoms with E-state index in [4.69, 9.17) is 10.00 Å². The fourth-order valence-electron chi connectivity index (χ4n) is 2.75. The molecule has 0 fully saturated rings. The number of nitrogens with zero attached hydrogens (tertiary/aromatic N) is 3. The molecule has 0 amide bonds. The zero-order chi connectivity index (χ0) is 22.0. The van der Waals surface area contributed by atoms with Crippen LogP contribution in [0.15, 0.2) is 60.8 Å². The van der Waals surface area contributed by atoms with Gasteiger partial charge in [-0.15, -0.1) is 0 Å². The van der Waals surface area contributed by atoms with Gasteiger partial charge in [-0.25, -0.2) is 4.98 Å². The van der Waals surface area contributed by atoms with E-state index in [2.05, 4.69) is 10.7 Å². The first-order valence-electron chi connectivity index (χ1n) is 9.31. The van der Waals surface area contributed by atoms with E-state index in [-0.39, 0.29) is 5.82 Å². The van der Waals surface area contributed by atoms with Gasteiger partial charge in [0.15, 0.2) is 5.69 Å². The van der Waals surface area contributed by atoms with Crippen LogP contribution in [-0.2, 0) is 24.1 Å². The van der Waals surface area contributed by atoms with Crippen LogP contribution in [0.1, 0.15) is 23.2 Å². The number of hydrogen-bond donors (Lipinski definition) is 1. The number of benzene rings is 2. The van der Waals surface area contributed by atoms with Gasteiger partial charge in [0, 0.05) is 24.9 Å². The molecule has 1 aromatic heterocycles. The topological polar surface area (TPSA) is 76.9 Å². The Morgan fingerprint density at radius 2 is 1.73 bits per heavy atom. The largest absolute Gasteiger partial charge is 0.434 e. The Hall–Kier alpha value is -3.15. The van der Waals surface area contributed by atoms with E-state index >= 15 is 0 Å². The molecule has 2 aromatic carbocycles. The highest BCUT2D eigenvalue weighted by atomic mass is 19.4. The molecule has 2 N–H and O–H groups in total. The second kappa shape index (κ2) is 11.1. The highest BCUT2D eigenvalue weighted by Crippen LogP contribution is 2.31. The van der Waals surface area contributed by atoms with Crippen LogP contribution >= 0.6 is 0 Å². The first-order valence-corrected chi connectivity index (χ1v) is 9.31. The van der Waals surface area contributed by atoms with Crippen molar-refractivity contribution in [2.45, 2.75) is 25.7 Å². The zero-order valence-corrected chi connectivity index (χ0v) is 16.6. The molecule has 0 saturated heterocycles. The van der Waals surface area contributed by atoms with Gasteiger partial charge in [-0.3, -0.25) is 0 Å². The minimum Gasteiger partial charge on any atom is -0.377 e. The number of hydrogen-bond acceptors (Lipinski definition) is 4. The summed E-state index contributed by atoms with van der Waals surface area (Å²) in [6, 6.07) is 18.0. The molecule has 158 valence electrons. The standard InChI is InChI=1S/C21H18F3N3O.CH5N/c22-21(23,24)19-14-27(11-4-12-28-15-17-5-2-1-3-6-17)20(26-19)18-9-7-16(13-25)8-10-18;1-2/h1-3,5-10,14H,4,11-12,15H2;2H2,1H3. The molecule has 0 aliphatic heterocycles.